The van der Waals surface area contributed by atoms with E-state index in [1.165, 1.54) is 0 Å². The SMILES string of the molecule is CNC(CCC(F)(F)F)c1ccc(N(C)C)cc1. The van der Waals surface area contributed by atoms with Crippen LogP contribution in [0.15, 0.2) is 24.3 Å². The molecule has 0 heterocycles. The highest BCUT2D eigenvalue weighted by molar-refractivity contribution is 5.46. The minimum absolute atomic E-state index is 0.0569. The van der Waals surface area contributed by atoms with Crippen LogP contribution in [0.25, 0.3) is 0 Å². The first-order valence-electron chi connectivity index (χ1n) is 5.85. The summed E-state index contributed by atoms with van der Waals surface area (Å²) in [6, 6.07) is 7.29. The van der Waals surface area contributed by atoms with Crippen molar-refractivity contribution in [2.24, 2.45) is 0 Å². The maximum absolute atomic E-state index is 12.2. The third-order valence-corrected chi connectivity index (χ3v) is 2.88. The van der Waals surface area contributed by atoms with Crippen LogP contribution >= 0.6 is 0 Å². The van der Waals surface area contributed by atoms with Gasteiger partial charge in [-0.3, -0.25) is 0 Å². The molecule has 0 fully saturated rings. The van der Waals surface area contributed by atoms with Gasteiger partial charge in [0.25, 0.3) is 0 Å². The van der Waals surface area contributed by atoms with Gasteiger partial charge in [-0.15, -0.1) is 0 Å². The molecule has 5 heteroatoms. The lowest BCUT2D eigenvalue weighted by Crippen LogP contribution is -2.19. The van der Waals surface area contributed by atoms with Crippen molar-refractivity contribution in [3.05, 3.63) is 29.8 Å². The predicted molar refractivity (Wildman–Crippen MR) is 67.9 cm³/mol. The number of anilines is 1. The maximum atomic E-state index is 12.2. The molecule has 0 bridgehead atoms. The molecule has 0 saturated heterocycles. The Morgan fingerprint density at radius 3 is 2.11 bits per heavy atom. The Kier molecular flexibility index (Phi) is 5.02. The molecule has 0 amide bonds. The maximum Gasteiger partial charge on any atom is 0.389 e. The van der Waals surface area contributed by atoms with Gasteiger partial charge < -0.3 is 10.2 Å². The highest BCUT2D eigenvalue weighted by Crippen LogP contribution is 2.28. The predicted octanol–water partition coefficient (Wildman–Crippen LogP) is 3.36. The van der Waals surface area contributed by atoms with Crippen LogP contribution in [-0.4, -0.2) is 27.3 Å². The molecule has 2 nitrogen and oxygen atoms in total. The quantitative estimate of drug-likeness (QED) is 0.873. The van der Waals surface area contributed by atoms with E-state index in [4.69, 9.17) is 0 Å². The first kappa shape index (κ1) is 14.8. The van der Waals surface area contributed by atoms with Crippen LogP contribution in [0.2, 0.25) is 0 Å². The Morgan fingerprint density at radius 2 is 1.72 bits per heavy atom. The van der Waals surface area contributed by atoms with Crippen LogP contribution < -0.4 is 10.2 Å². The second kappa shape index (κ2) is 6.09. The number of alkyl halides is 3. The Hall–Kier alpha value is -1.23. The zero-order chi connectivity index (χ0) is 13.8. The Labute approximate surface area is 106 Å². The van der Waals surface area contributed by atoms with E-state index in [1.54, 1.807) is 7.05 Å². The van der Waals surface area contributed by atoms with E-state index >= 15 is 0 Å². The van der Waals surface area contributed by atoms with Gasteiger partial charge in [-0.1, -0.05) is 12.1 Å². The summed E-state index contributed by atoms with van der Waals surface area (Å²) < 4.78 is 36.6. The zero-order valence-electron chi connectivity index (χ0n) is 10.9. The van der Waals surface area contributed by atoms with Gasteiger partial charge >= 0.3 is 6.18 Å². The van der Waals surface area contributed by atoms with Crippen molar-refractivity contribution < 1.29 is 13.2 Å². The summed E-state index contributed by atoms with van der Waals surface area (Å²) in [5.74, 6) is 0. The smallest absolute Gasteiger partial charge is 0.378 e. The lowest BCUT2D eigenvalue weighted by Gasteiger charge is -2.19. The topological polar surface area (TPSA) is 15.3 Å². The van der Waals surface area contributed by atoms with E-state index < -0.39 is 12.6 Å². The van der Waals surface area contributed by atoms with Gasteiger partial charge in [0.05, 0.1) is 0 Å². The standard InChI is InChI=1S/C13H19F3N2/c1-17-12(8-9-13(14,15)16)10-4-6-11(7-5-10)18(2)3/h4-7,12,17H,8-9H2,1-3H3. The average molecular weight is 260 g/mol. The van der Waals surface area contributed by atoms with Crippen LogP contribution in [0, 0.1) is 0 Å². The third kappa shape index (κ3) is 4.56. The molecular formula is C13H19F3N2. The molecular weight excluding hydrogens is 241 g/mol. The monoisotopic (exact) mass is 260 g/mol. The van der Waals surface area contributed by atoms with E-state index in [0.29, 0.717) is 0 Å². The molecule has 0 radical (unpaired) electrons. The molecule has 0 aliphatic rings. The Bertz CT molecular complexity index is 357. The molecule has 18 heavy (non-hydrogen) atoms. The summed E-state index contributed by atoms with van der Waals surface area (Å²) in [5.41, 5.74) is 1.91. The van der Waals surface area contributed by atoms with Crippen LogP contribution in [0.4, 0.5) is 18.9 Å². The minimum atomic E-state index is -4.10. The minimum Gasteiger partial charge on any atom is -0.378 e. The van der Waals surface area contributed by atoms with Gasteiger partial charge in [-0.25, -0.2) is 0 Å². The molecule has 1 unspecified atom stereocenters. The second-order valence-corrected chi connectivity index (χ2v) is 4.48. The number of rotatable bonds is 5. The highest BCUT2D eigenvalue weighted by atomic mass is 19.4. The van der Waals surface area contributed by atoms with Gasteiger partial charge in [0.1, 0.15) is 0 Å². The lowest BCUT2D eigenvalue weighted by molar-refractivity contribution is -0.136. The first-order valence-corrected chi connectivity index (χ1v) is 5.85. The summed E-state index contributed by atoms with van der Waals surface area (Å²) in [6.45, 7) is 0. The van der Waals surface area contributed by atoms with E-state index in [-0.39, 0.29) is 12.5 Å². The Balaban J connectivity index is 2.70. The van der Waals surface area contributed by atoms with Crippen molar-refractivity contribution in [3.8, 4) is 0 Å². The largest absolute Gasteiger partial charge is 0.389 e. The molecule has 1 atom stereocenters. The molecule has 0 aromatic heterocycles. The fraction of sp³-hybridized carbons (Fsp3) is 0.538. The van der Waals surface area contributed by atoms with Gasteiger partial charge in [0.2, 0.25) is 0 Å². The molecule has 0 aliphatic carbocycles. The van der Waals surface area contributed by atoms with Gasteiger partial charge in [-0.05, 0) is 31.2 Å². The second-order valence-electron chi connectivity index (χ2n) is 4.48. The van der Waals surface area contributed by atoms with Crippen LogP contribution in [0.1, 0.15) is 24.4 Å². The summed E-state index contributed by atoms with van der Waals surface area (Å²) in [5, 5.41) is 2.93. The van der Waals surface area contributed by atoms with Crippen molar-refractivity contribution in [1.29, 1.82) is 0 Å². The van der Waals surface area contributed by atoms with Gasteiger partial charge in [0, 0.05) is 32.2 Å². The van der Waals surface area contributed by atoms with E-state index in [1.807, 2.05) is 43.3 Å². The van der Waals surface area contributed by atoms with Gasteiger partial charge in [-0.2, -0.15) is 13.2 Å². The fourth-order valence-corrected chi connectivity index (χ4v) is 1.79. The van der Waals surface area contributed by atoms with Crippen molar-refractivity contribution in [1.82, 2.24) is 5.32 Å². The summed E-state index contributed by atoms with van der Waals surface area (Å²) in [6.07, 6.45) is -4.81. The van der Waals surface area contributed by atoms with Crippen LogP contribution in [0.5, 0.6) is 0 Å². The van der Waals surface area contributed by atoms with Crippen molar-refractivity contribution in [2.45, 2.75) is 25.1 Å². The number of hydrogen-bond donors (Lipinski definition) is 1. The molecule has 1 rings (SSSR count). The molecule has 1 aromatic carbocycles. The van der Waals surface area contributed by atoms with E-state index in [2.05, 4.69) is 5.32 Å². The van der Waals surface area contributed by atoms with Gasteiger partial charge in [0.15, 0.2) is 0 Å². The van der Waals surface area contributed by atoms with Crippen molar-refractivity contribution in [3.63, 3.8) is 0 Å². The normalized spacial score (nSPS) is 13.4. The number of halogens is 3. The average Bonchev–Trinajstić information content (AvgIpc) is 2.29. The van der Waals surface area contributed by atoms with Crippen LogP contribution in [0.3, 0.4) is 0 Å². The molecule has 1 aromatic rings. The fourth-order valence-electron chi connectivity index (χ4n) is 1.79. The molecule has 0 saturated carbocycles. The zero-order valence-corrected chi connectivity index (χ0v) is 10.9. The van der Waals surface area contributed by atoms with Crippen molar-refractivity contribution >= 4 is 5.69 Å². The van der Waals surface area contributed by atoms with Crippen molar-refractivity contribution in [2.75, 3.05) is 26.0 Å². The van der Waals surface area contributed by atoms with E-state index in [9.17, 15) is 13.2 Å². The summed E-state index contributed by atoms with van der Waals surface area (Å²) >= 11 is 0. The third-order valence-electron chi connectivity index (χ3n) is 2.88. The Morgan fingerprint density at radius 1 is 1.17 bits per heavy atom. The summed E-state index contributed by atoms with van der Waals surface area (Å²) in [7, 11) is 5.53. The number of hydrogen-bond acceptors (Lipinski definition) is 2. The first-order chi connectivity index (χ1) is 8.33. The summed E-state index contributed by atoms with van der Waals surface area (Å²) in [4.78, 5) is 1.95. The molecule has 102 valence electrons. The molecule has 1 N–H and O–H groups in total. The van der Waals surface area contributed by atoms with E-state index in [0.717, 1.165) is 11.3 Å². The number of nitrogens with one attached hydrogen (secondary N) is 1. The lowest BCUT2D eigenvalue weighted by atomic mass is 10.0. The van der Waals surface area contributed by atoms with Crippen LogP contribution in [-0.2, 0) is 0 Å². The number of benzene rings is 1. The number of nitrogens with zero attached hydrogens (tertiary/aromatic N) is 1. The molecule has 0 spiro atoms. The highest BCUT2D eigenvalue weighted by Gasteiger charge is 2.28. The molecule has 0 aliphatic heterocycles.